The maximum atomic E-state index is 11.8. The van der Waals surface area contributed by atoms with Gasteiger partial charge < -0.3 is 20.3 Å². The summed E-state index contributed by atoms with van der Waals surface area (Å²) in [5.74, 6) is 0.00881. The van der Waals surface area contributed by atoms with Gasteiger partial charge >= 0.3 is 0 Å². The monoisotopic (exact) mass is 320 g/mol. The number of ether oxygens (including phenoxy) is 1. The Kier molecular flexibility index (Phi) is 5.54. The van der Waals surface area contributed by atoms with Crippen LogP contribution in [0.25, 0.3) is 0 Å². The Morgan fingerprint density at radius 3 is 2.52 bits per heavy atom. The zero-order valence-electron chi connectivity index (χ0n) is 13.9. The van der Waals surface area contributed by atoms with Crippen LogP contribution in [0.4, 0.5) is 11.5 Å². The number of aromatic nitrogens is 1. The third kappa shape index (κ3) is 5.21. The molecule has 2 heterocycles. The standard InChI is InChI=1S/C16H24N4O3/c1-16(2,3)15(22)18-11-14(21)19-13-5-4-12(10-17-13)20-6-8-23-9-7-20/h4-5,10H,6-9,11H2,1-3H3,(H,18,22)(H,17,19,21). The summed E-state index contributed by atoms with van der Waals surface area (Å²) in [6, 6.07) is 3.68. The average Bonchev–Trinajstić information content (AvgIpc) is 2.53. The van der Waals surface area contributed by atoms with Crippen LogP contribution in [0.1, 0.15) is 20.8 Å². The number of hydrogen-bond acceptors (Lipinski definition) is 5. The van der Waals surface area contributed by atoms with Gasteiger partial charge in [0.05, 0.1) is 31.6 Å². The van der Waals surface area contributed by atoms with E-state index in [1.165, 1.54) is 0 Å². The summed E-state index contributed by atoms with van der Waals surface area (Å²) in [6.45, 7) is 8.43. The van der Waals surface area contributed by atoms with E-state index in [-0.39, 0.29) is 18.4 Å². The van der Waals surface area contributed by atoms with Crippen LogP contribution in [-0.4, -0.2) is 49.6 Å². The van der Waals surface area contributed by atoms with Gasteiger partial charge in [0.15, 0.2) is 0 Å². The number of nitrogens with zero attached hydrogens (tertiary/aromatic N) is 2. The van der Waals surface area contributed by atoms with Gasteiger partial charge in [-0.2, -0.15) is 0 Å². The Balaban J connectivity index is 1.83. The first kappa shape index (κ1) is 17.2. The second-order valence-electron chi connectivity index (χ2n) is 6.48. The summed E-state index contributed by atoms with van der Waals surface area (Å²) in [6.07, 6.45) is 1.73. The lowest BCUT2D eigenvalue weighted by molar-refractivity contribution is -0.130. The fourth-order valence-corrected chi connectivity index (χ4v) is 2.08. The highest BCUT2D eigenvalue weighted by atomic mass is 16.5. The fourth-order valence-electron chi connectivity index (χ4n) is 2.08. The molecule has 1 aromatic rings. The van der Waals surface area contributed by atoms with Crippen molar-refractivity contribution in [3.05, 3.63) is 18.3 Å². The van der Waals surface area contributed by atoms with Gasteiger partial charge in [-0.15, -0.1) is 0 Å². The molecule has 0 bridgehead atoms. The zero-order valence-corrected chi connectivity index (χ0v) is 13.9. The number of morpholine rings is 1. The van der Waals surface area contributed by atoms with Gasteiger partial charge in [-0.25, -0.2) is 4.98 Å². The quantitative estimate of drug-likeness (QED) is 0.865. The molecule has 1 aliphatic heterocycles. The third-order valence-corrected chi connectivity index (χ3v) is 3.48. The number of nitrogens with one attached hydrogen (secondary N) is 2. The summed E-state index contributed by atoms with van der Waals surface area (Å²) in [7, 11) is 0. The molecule has 0 atom stereocenters. The highest BCUT2D eigenvalue weighted by molar-refractivity contribution is 5.94. The zero-order chi connectivity index (χ0) is 16.9. The lowest BCUT2D eigenvalue weighted by atomic mass is 9.96. The van der Waals surface area contributed by atoms with Crippen molar-refractivity contribution in [1.82, 2.24) is 10.3 Å². The normalized spacial score (nSPS) is 15.2. The van der Waals surface area contributed by atoms with Crippen molar-refractivity contribution < 1.29 is 14.3 Å². The molecule has 23 heavy (non-hydrogen) atoms. The molecule has 7 nitrogen and oxygen atoms in total. The fraction of sp³-hybridized carbons (Fsp3) is 0.562. The van der Waals surface area contributed by atoms with Crippen LogP contribution in [0.2, 0.25) is 0 Å². The SMILES string of the molecule is CC(C)(C)C(=O)NCC(=O)Nc1ccc(N2CCOCC2)cn1. The molecule has 0 radical (unpaired) electrons. The molecular formula is C16H24N4O3. The molecule has 1 fully saturated rings. The Hall–Kier alpha value is -2.15. The van der Waals surface area contributed by atoms with Crippen molar-refractivity contribution in [2.75, 3.05) is 43.1 Å². The van der Waals surface area contributed by atoms with Crippen molar-refractivity contribution in [1.29, 1.82) is 0 Å². The maximum Gasteiger partial charge on any atom is 0.244 e. The van der Waals surface area contributed by atoms with Crippen molar-refractivity contribution in [2.45, 2.75) is 20.8 Å². The minimum absolute atomic E-state index is 0.0665. The second kappa shape index (κ2) is 7.41. The van der Waals surface area contributed by atoms with E-state index in [0.717, 1.165) is 18.8 Å². The molecule has 0 aliphatic carbocycles. The Morgan fingerprint density at radius 1 is 1.26 bits per heavy atom. The molecule has 1 aliphatic rings. The van der Waals surface area contributed by atoms with E-state index in [4.69, 9.17) is 4.74 Å². The second-order valence-corrected chi connectivity index (χ2v) is 6.48. The van der Waals surface area contributed by atoms with E-state index in [1.54, 1.807) is 33.0 Å². The molecule has 1 saturated heterocycles. The topological polar surface area (TPSA) is 83.6 Å². The number of carbonyl (C=O) groups excluding carboxylic acids is 2. The van der Waals surface area contributed by atoms with E-state index >= 15 is 0 Å². The Bertz CT molecular complexity index is 545. The van der Waals surface area contributed by atoms with Crippen LogP contribution in [0.15, 0.2) is 18.3 Å². The minimum atomic E-state index is -0.516. The molecule has 1 aromatic heterocycles. The van der Waals surface area contributed by atoms with E-state index in [9.17, 15) is 9.59 Å². The number of carbonyl (C=O) groups is 2. The number of rotatable bonds is 4. The largest absolute Gasteiger partial charge is 0.378 e. The van der Waals surface area contributed by atoms with Crippen molar-refractivity contribution in [3.63, 3.8) is 0 Å². The molecule has 7 heteroatoms. The molecular weight excluding hydrogens is 296 g/mol. The third-order valence-electron chi connectivity index (χ3n) is 3.48. The predicted molar refractivity (Wildman–Crippen MR) is 88.4 cm³/mol. The first-order valence-electron chi connectivity index (χ1n) is 7.73. The van der Waals surface area contributed by atoms with E-state index in [0.29, 0.717) is 19.0 Å². The van der Waals surface area contributed by atoms with Crippen LogP contribution in [0, 0.1) is 5.41 Å². The van der Waals surface area contributed by atoms with Gasteiger partial charge in [0.2, 0.25) is 11.8 Å². The summed E-state index contributed by atoms with van der Waals surface area (Å²) >= 11 is 0. The van der Waals surface area contributed by atoms with Gasteiger partial charge in [0.1, 0.15) is 5.82 Å². The Labute approximate surface area is 136 Å². The molecule has 0 aromatic carbocycles. The van der Waals surface area contributed by atoms with E-state index < -0.39 is 5.41 Å². The summed E-state index contributed by atoms with van der Waals surface area (Å²) in [5, 5.41) is 5.28. The van der Waals surface area contributed by atoms with Gasteiger partial charge in [0, 0.05) is 18.5 Å². The number of hydrogen-bond donors (Lipinski definition) is 2. The Morgan fingerprint density at radius 2 is 1.96 bits per heavy atom. The highest BCUT2D eigenvalue weighted by Crippen LogP contribution is 2.16. The molecule has 2 N–H and O–H groups in total. The van der Waals surface area contributed by atoms with Crippen molar-refractivity contribution in [2.24, 2.45) is 5.41 Å². The van der Waals surface area contributed by atoms with Gasteiger partial charge in [0.25, 0.3) is 0 Å². The van der Waals surface area contributed by atoms with Gasteiger partial charge in [-0.3, -0.25) is 9.59 Å². The van der Waals surface area contributed by atoms with Crippen LogP contribution in [0.5, 0.6) is 0 Å². The summed E-state index contributed by atoms with van der Waals surface area (Å²) in [5.41, 5.74) is 0.491. The van der Waals surface area contributed by atoms with Crippen molar-refractivity contribution >= 4 is 23.3 Å². The van der Waals surface area contributed by atoms with E-state index in [2.05, 4.69) is 20.5 Å². The van der Waals surface area contributed by atoms with Crippen molar-refractivity contribution in [3.8, 4) is 0 Å². The lowest BCUT2D eigenvalue weighted by Crippen LogP contribution is -2.39. The summed E-state index contributed by atoms with van der Waals surface area (Å²) < 4.78 is 5.31. The first-order valence-corrected chi connectivity index (χ1v) is 7.73. The average molecular weight is 320 g/mol. The van der Waals surface area contributed by atoms with Crippen LogP contribution in [-0.2, 0) is 14.3 Å². The molecule has 0 unspecified atom stereocenters. The number of pyridine rings is 1. The molecule has 2 rings (SSSR count). The summed E-state index contributed by atoms with van der Waals surface area (Å²) in [4.78, 5) is 30.0. The molecule has 2 amide bonds. The minimum Gasteiger partial charge on any atom is -0.378 e. The number of anilines is 2. The molecule has 0 saturated carbocycles. The number of amides is 2. The molecule has 126 valence electrons. The van der Waals surface area contributed by atoms with Gasteiger partial charge in [-0.1, -0.05) is 20.8 Å². The van der Waals surface area contributed by atoms with E-state index in [1.807, 2.05) is 6.07 Å². The highest BCUT2D eigenvalue weighted by Gasteiger charge is 2.21. The first-order chi connectivity index (χ1) is 10.9. The predicted octanol–water partition coefficient (Wildman–Crippen LogP) is 1.02. The van der Waals surface area contributed by atoms with Gasteiger partial charge in [-0.05, 0) is 12.1 Å². The lowest BCUT2D eigenvalue weighted by Gasteiger charge is -2.28. The smallest absolute Gasteiger partial charge is 0.244 e. The maximum absolute atomic E-state index is 11.8. The van der Waals surface area contributed by atoms with Crippen LogP contribution >= 0.6 is 0 Å². The molecule has 0 spiro atoms. The van der Waals surface area contributed by atoms with Crippen LogP contribution < -0.4 is 15.5 Å². The van der Waals surface area contributed by atoms with Crippen LogP contribution in [0.3, 0.4) is 0 Å².